The number of sulfonamides is 1. The standard InChI is InChI=1S/C23H36N4O5S/c1-5-25-12-14-27(15-13-25)33(30,31)20-10-6-9-19(16-20)24-21(28)18-8-7-11-26(17-18)22(29)32-23(2,3)4/h6,9-10,16,18H,5,7-8,11-15,17H2,1-4H3,(H,24,28). The van der Waals surface area contributed by atoms with Crippen molar-refractivity contribution >= 4 is 27.7 Å². The van der Waals surface area contributed by atoms with Gasteiger partial charge in [-0.1, -0.05) is 13.0 Å². The van der Waals surface area contributed by atoms with Crippen LogP contribution in [0.25, 0.3) is 0 Å². The molecule has 2 aliphatic heterocycles. The zero-order chi connectivity index (χ0) is 24.2. The Kier molecular flexibility index (Phi) is 8.02. The predicted octanol–water partition coefficient (Wildman–Crippen LogP) is 2.60. The number of piperazine rings is 1. The molecular formula is C23H36N4O5S. The Morgan fingerprint density at radius 1 is 1.12 bits per heavy atom. The number of nitrogens with one attached hydrogen (secondary N) is 1. The normalized spacial score (nSPS) is 21.0. The van der Waals surface area contributed by atoms with Crippen molar-refractivity contribution < 1.29 is 22.7 Å². The van der Waals surface area contributed by atoms with Crippen molar-refractivity contribution in [2.24, 2.45) is 5.92 Å². The van der Waals surface area contributed by atoms with E-state index in [-0.39, 0.29) is 23.3 Å². The van der Waals surface area contributed by atoms with Crippen LogP contribution in [0.2, 0.25) is 0 Å². The van der Waals surface area contributed by atoms with E-state index >= 15 is 0 Å². The van der Waals surface area contributed by atoms with Crippen LogP contribution >= 0.6 is 0 Å². The van der Waals surface area contributed by atoms with E-state index < -0.39 is 21.7 Å². The van der Waals surface area contributed by atoms with Crippen molar-refractivity contribution in [3.63, 3.8) is 0 Å². The zero-order valence-electron chi connectivity index (χ0n) is 20.0. The van der Waals surface area contributed by atoms with Gasteiger partial charge in [0.1, 0.15) is 5.60 Å². The fraction of sp³-hybridized carbons (Fsp3) is 0.652. The first-order valence-electron chi connectivity index (χ1n) is 11.6. The van der Waals surface area contributed by atoms with Crippen LogP contribution in [0.1, 0.15) is 40.5 Å². The van der Waals surface area contributed by atoms with Gasteiger partial charge in [-0.15, -0.1) is 0 Å². The molecule has 2 saturated heterocycles. The second kappa shape index (κ2) is 10.4. The van der Waals surface area contributed by atoms with E-state index in [1.165, 1.54) is 10.4 Å². The largest absolute Gasteiger partial charge is 0.444 e. The smallest absolute Gasteiger partial charge is 0.410 e. The van der Waals surface area contributed by atoms with Crippen LogP contribution in [0.4, 0.5) is 10.5 Å². The quantitative estimate of drug-likeness (QED) is 0.696. The Morgan fingerprint density at radius 3 is 2.45 bits per heavy atom. The summed E-state index contributed by atoms with van der Waals surface area (Å²) in [5.74, 6) is -0.608. The summed E-state index contributed by atoms with van der Waals surface area (Å²) in [5, 5.41) is 2.84. The van der Waals surface area contributed by atoms with Crippen LogP contribution in [0.5, 0.6) is 0 Å². The molecule has 33 heavy (non-hydrogen) atoms. The van der Waals surface area contributed by atoms with E-state index in [1.54, 1.807) is 23.1 Å². The van der Waals surface area contributed by atoms with E-state index in [2.05, 4.69) is 17.1 Å². The number of likely N-dealkylation sites (N-methyl/N-ethyl adjacent to an activating group) is 1. The average molecular weight is 481 g/mol. The van der Waals surface area contributed by atoms with E-state index in [0.717, 1.165) is 6.54 Å². The van der Waals surface area contributed by atoms with Crippen molar-refractivity contribution in [1.29, 1.82) is 0 Å². The van der Waals surface area contributed by atoms with Gasteiger partial charge in [-0.3, -0.25) is 4.79 Å². The molecule has 0 radical (unpaired) electrons. The Labute approximate surface area is 197 Å². The fourth-order valence-corrected chi connectivity index (χ4v) is 5.57. The number of carbonyl (C=O) groups is 2. The minimum absolute atomic E-state index is 0.171. The molecule has 3 rings (SSSR count). The summed E-state index contributed by atoms with van der Waals surface area (Å²) >= 11 is 0. The molecule has 184 valence electrons. The molecule has 1 atom stereocenters. The molecule has 1 unspecified atom stereocenters. The number of benzene rings is 1. The lowest BCUT2D eigenvalue weighted by molar-refractivity contribution is -0.121. The second-order valence-corrected chi connectivity index (χ2v) is 11.6. The highest BCUT2D eigenvalue weighted by molar-refractivity contribution is 7.89. The van der Waals surface area contributed by atoms with Crippen LogP contribution in [-0.4, -0.2) is 85.9 Å². The van der Waals surface area contributed by atoms with Gasteiger partial charge in [-0.05, 0) is 58.4 Å². The Balaban J connectivity index is 1.64. The van der Waals surface area contributed by atoms with Crippen LogP contribution in [-0.2, 0) is 19.6 Å². The minimum atomic E-state index is -3.63. The maximum absolute atomic E-state index is 13.1. The Bertz CT molecular complexity index is 952. The van der Waals surface area contributed by atoms with Gasteiger partial charge in [0.25, 0.3) is 0 Å². The summed E-state index contributed by atoms with van der Waals surface area (Å²) in [6, 6.07) is 6.38. The number of likely N-dealkylation sites (tertiary alicyclic amines) is 1. The summed E-state index contributed by atoms with van der Waals surface area (Å²) in [7, 11) is -3.63. The lowest BCUT2D eigenvalue weighted by atomic mass is 9.97. The number of hydrogen-bond acceptors (Lipinski definition) is 6. The third-order valence-corrected chi connectivity index (χ3v) is 7.86. The molecule has 1 N–H and O–H groups in total. The van der Waals surface area contributed by atoms with E-state index in [9.17, 15) is 18.0 Å². The summed E-state index contributed by atoms with van der Waals surface area (Å²) < 4.78 is 33.1. The molecule has 10 heteroatoms. The summed E-state index contributed by atoms with van der Waals surface area (Å²) in [4.78, 5) is 29.2. The van der Waals surface area contributed by atoms with Crippen LogP contribution in [0.15, 0.2) is 29.2 Å². The molecule has 2 amide bonds. The molecule has 0 aliphatic carbocycles. The van der Waals surface area contributed by atoms with Crippen LogP contribution in [0.3, 0.4) is 0 Å². The Morgan fingerprint density at radius 2 is 1.82 bits per heavy atom. The van der Waals surface area contributed by atoms with Crippen molar-refractivity contribution in [1.82, 2.24) is 14.1 Å². The predicted molar refractivity (Wildman–Crippen MR) is 126 cm³/mol. The third kappa shape index (κ3) is 6.68. The minimum Gasteiger partial charge on any atom is -0.444 e. The molecule has 2 fully saturated rings. The average Bonchev–Trinajstić information content (AvgIpc) is 2.78. The molecular weight excluding hydrogens is 444 g/mol. The van der Waals surface area contributed by atoms with Gasteiger partial charge in [0.05, 0.1) is 10.8 Å². The number of anilines is 1. The highest BCUT2D eigenvalue weighted by Gasteiger charge is 2.32. The topological polar surface area (TPSA) is 99.3 Å². The van der Waals surface area contributed by atoms with Gasteiger partial charge in [-0.2, -0.15) is 4.31 Å². The Hall–Kier alpha value is -2.17. The number of rotatable bonds is 5. The number of piperidine rings is 1. The first-order valence-corrected chi connectivity index (χ1v) is 13.0. The lowest BCUT2D eigenvalue weighted by Gasteiger charge is -2.33. The van der Waals surface area contributed by atoms with E-state index in [1.807, 2.05) is 20.8 Å². The highest BCUT2D eigenvalue weighted by atomic mass is 32.2. The highest BCUT2D eigenvalue weighted by Crippen LogP contribution is 2.24. The molecule has 2 heterocycles. The summed E-state index contributed by atoms with van der Waals surface area (Å²) in [5.41, 5.74) is -0.163. The number of hydrogen-bond donors (Lipinski definition) is 1. The number of amides is 2. The summed E-state index contributed by atoms with van der Waals surface area (Å²) in [6.07, 6.45) is 0.941. The molecule has 9 nitrogen and oxygen atoms in total. The van der Waals surface area contributed by atoms with E-state index in [0.29, 0.717) is 51.3 Å². The molecule has 1 aromatic rings. The maximum Gasteiger partial charge on any atom is 0.410 e. The van der Waals surface area contributed by atoms with Gasteiger partial charge >= 0.3 is 6.09 Å². The summed E-state index contributed by atoms with van der Waals surface area (Å²) in [6.45, 7) is 11.6. The lowest BCUT2D eigenvalue weighted by Crippen LogP contribution is -2.48. The van der Waals surface area contributed by atoms with Gasteiger partial charge in [0, 0.05) is 45.0 Å². The van der Waals surface area contributed by atoms with Gasteiger partial charge < -0.3 is 19.9 Å². The molecule has 0 saturated carbocycles. The maximum atomic E-state index is 13.1. The van der Waals surface area contributed by atoms with Gasteiger partial charge in [0.15, 0.2) is 0 Å². The number of ether oxygens (including phenoxy) is 1. The van der Waals surface area contributed by atoms with Crippen molar-refractivity contribution in [2.75, 3.05) is 51.1 Å². The number of nitrogens with zero attached hydrogens (tertiary/aromatic N) is 3. The van der Waals surface area contributed by atoms with Gasteiger partial charge in [0.2, 0.25) is 15.9 Å². The first kappa shape index (κ1) is 25.5. The van der Waals surface area contributed by atoms with Crippen molar-refractivity contribution in [2.45, 2.75) is 51.0 Å². The monoisotopic (exact) mass is 480 g/mol. The zero-order valence-corrected chi connectivity index (χ0v) is 20.9. The van der Waals surface area contributed by atoms with E-state index in [4.69, 9.17) is 4.74 Å². The van der Waals surface area contributed by atoms with Crippen molar-refractivity contribution in [3.8, 4) is 0 Å². The second-order valence-electron chi connectivity index (χ2n) is 9.62. The molecule has 2 aliphatic rings. The van der Waals surface area contributed by atoms with Gasteiger partial charge in [-0.25, -0.2) is 13.2 Å². The van der Waals surface area contributed by atoms with Crippen LogP contribution in [0, 0.1) is 5.92 Å². The third-order valence-electron chi connectivity index (χ3n) is 5.96. The molecule has 0 aromatic heterocycles. The number of carbonyl (C=O) groups excluding carboxylic acids is 2. The van der Waals surface area contributed by atoms with Crippen LogP contribution < -0.4 is 5.32 Å². The molecule has 0 bridgehead atoms. The molecule has 0 spiro atoms. The SMILES string of the molecule is CCN1CCN(S(=O)(=O)c2cccc(NC(=O)C3CCCN(C(=O)OC(C)(C)C)C3)c2)CC1. The fourth-order valence-electron chi connectivity index (χ4n) is 4.10. The van der Waals surface area contributed by atoms with Crippen molar-refractivity contribution in [3.05, 3.63) is 24.3 Å². The molecule has 1 aromatic carbocycles. The first-order chi connectivity index (χ1) is 15.5.